The van der Waals surface area contributed by atoms with Crippen molar-refractivity contribution in [3.05, 3.63) is 28.8 Å². The summed E-state index contributed by atoms with van der Waals surface area (Å²) in [5.74, 6) is 0.0167. The molecule has 2 rings (SSSR count). The Kier molecular flexibility index (Phi) is 4.66. The number of nitrogens with zero attached hydrogens (tertiary/aromatic N) is 1. The van der Waals surface area contributed by atoms with Crippen LogP contribution in [0, 0.1) is 5.41 Å². The van der Waals surface area contributed by atoms with Crippen molar-refractivity contribution in [3.63, 3.8) is 0 Å². The third kappa shape index (κ3) is 3.19. The van der Waals surface area contributed by atoms with Crippen LogP contribution in [0.2, 0.25) is 5.02 Å². The molecule has 1 aliphatic rings. The predicted octanol–water partition coefficient (Wildman–Crippen LogP) is 2.37. The highest BCUT2D eigenvalue weighted by Gasteiger charge is 2.22. The number of halogens is 1. The number of nitrogen functional groups attached to an aromatic ring is 1. The van der Waals surface area contributed by atoms with E-state index in [0.717, 1.165) is 31.5 Å². The number of hydrogen-bond donors (Lipinski definition) is 3. The van der Waals surface area contributed by atoms with Gasteiger partial charge in [-0.2, -0.15) is 0 Å². The van der Waals surface area contributed by atoms with Crippen LogP contribution in [0.1, 0.15) is 31.2 Å². The highest BCUT2D eigenvalue weighted by Crippen LogP contribution is 2.31. The van der Waals surface area contributed by atoms with Crippen LogP contribution in [0.3, 0.4) is 0 Å². The summed E-state index contributed by atoms with van der Waals surface area (Å²) >= 11 is 6.31. The smallest absolute Gasteiger partial charge is 0.122 e. The maximum atomic E-state index is 9.54. The molecule has 0 aliphatic carbocycles. The summed E-state index contributed by atoms with van der Waals surface area (Å²) in [6.45, 7) is 1.05. The zero-order valence-corrected chi connectivity index (χ0v) is 11.7. The minimum Gasteiger partial charge on any atom is -0.394 e. The summed E-state index contributed by atoms with van der Waals surface area (Å²) < 4.78 is 0. The molecule has 1 aromatic rings. The molecule has 19 heavy (non-hydrogen) atoms. The molecule has 1 saturated heterocycles. The first-order valence-electron chi connectivity index (χ1n) is 6.65. The molecular formula is C14H20ClN3O. The van der Waals surface area contributed by atoms with Crippen molar-refractivity contribution >= 4 is 23.1 Å². The second-order valence-corrected chi connectivity index (χ2v) is 5.37. The minimum atomic E-state index is 0.0167. The second-order valence-electron chi connectivity index (χ2n) is 4.96. The zero-order valence-electron chi connectivity index (χ0n) is 10.9. The number of nitrogens with two attached hydrogens (primary N) is 1. The van der Waals surface area contributed by atoms with Gasteiger partial charge in [-0.25, -0.2) is 0 Å². The van der Waals surface area contributed by atoms with Gasteiger partial charge in [0.25, 0.3) is 0 Å². The fourth-order valence-corrected chi connectivity index (χ4v) is 2.88. The standard InChI is InChI=1S/C14H20ClN3O/c15-12-8-10(14(16)17)5-6-13(12)18-7-3-1-2-4-11(18)9-19/h5-6,8,11,19H,1-4,7,9H2,(H3,16,17). The molecule has 0 bridgehead atoms. The average molecular weight is 282 g/mol. The first-order chi connectivity index (χ1) is 9.13. The molecule has 0 amide bonds. The van der Waals surface area contributed by atoms with Gasteiger partial charge in [0.05, 0.1) is 23.4 Å². The third-order valence-corrected chi connectivity index (χ3v) is 3.96. The molecule has 0 radical (unpaired) electrons. The van der Waals surface area contributed by atoms with Gasteiger partial charge in [0, 0.05) is 12.1 Å². The van der Waals surface area contributed by atoms with Gasteiger partial charge >= 0.3 is 0 Å². The van der Waals surface area contributed by atoms with Crippen LogP contribution in [-0.2, 0) is 0 Å². The van der Waals surface area contributed by atoms with Crippen molar-refractivity contribution in [2.75, 3.05) is 18.1 Å². The van der Waals surface area contributed by atoms with E-state index < -0.39 is 0 Å². The maximum Gasteiger partial charge on any atom is 0.122 e. The maximum absolute atomic E-state index is 9.54. The van der Waals surface area contributed by atoms with Gasteiger partial charge in [0.1, 0.15) is 5.84 Å². The van der Waals surface area contributed by atoms with Gasteiger partial charge in [-0.15, -0.1) is 0 Å². The van der Waals surface area contributed by atoms with E-state index >= 15 is 0 Å². The topological polar surface area (TPSA) is 73.3 Å². The van der Waals surface area contributed by atoms with E-state index in [0.29, 0.717) is 10.6 Å². The van der Waals surface area contributed by atoms with Crippen molar-refractivity contribution in [1.82, 2.24) is 0 Å². The SMILES string of the molecule is N=C(N)c1ccc(N2CCCCCC2CO)c(Cl)c1. The van der Waals surface area contributed by atoms with E-state index in [9.17, 15) is 5.11 Å². The van der Waals surface area contributed by atoms with E-state index in [1.165, 1.54) is 6.42 Å². The summed E-state index contributed by atoms with van der Waals surface area (Å²) in [4.78, 5) is 2.18. The molecule has 1 heterocycles. The Balaban J connectivity index is 2.30. The van der Waals surface area contributed by atoms with Gasteiger partial charge in [-0.05, 0) is 31.0 Å². The molecule has 4 N–H and O–H groups in total. The van der Waals surface area contributed by atoms with Crippen LogP contribution >= 0.6 is 11.6 Å². The fourth-order valence-electron chi connectivity index (χ4n) is 2.59. The summed E-state index contributed by atoms with van der Waals surface area (Å²) in [6, 6.07) is 5.55. The highest BCUT2D eigenvalue weighted by atomic mass is 35.5. The Bertz CT molecular complexity index is 464. The van der Waals surface area contributed by atoms with Gasteiger partial charge in [-0.3, -0.25) is 5.41 Å². The van der Waals surface area contributed by atoms with Crippen molar-refractivity contribution in [2.24, 2.45) is 5.73 Å². The van der Waals surface area contributed by atoms with Crippen LogP contribution in [0.5, 0.6) is 0 Å². The molecule has 1 aliphatic heterocycles. The zero-order chi connectivity index (χ0) is 13.8. The summed E-state index contributed by atoms with van der Waals surface area (Å²) in [5.41, 5.74) is 7.01. The monoisotopic (exact) mass is 281 g/mol. The van der Waals surface area contributed by atoms with Gasteiger partial charge < -0.3 is 15.7 Å². The quantitative estimate of drug-likeness (QED) is 0.588. The first kappa shape index (κ1) is 14.2. The Hall–Kier alpha value is -1.26. The van der Waals surface area contributed by atoms with Gasteiger partial charge in [-0.1, -0.05) is 24.4 Å². The van der Waals surface area contributed by atoms with Crippen LogP contribution in [0.15, 0.2) is 18.2 Å². The van der Waals surface area contributed by atoms with Crippen molar-refractivity contribution in [2.45, 2.75) is 31.7 Å². The molecule has 1 atom stereocenters. The number of nitrogens with one attached hydrogen (secondary N) is 1. The van der Waals surface area contributed by atoms with E-state index in [2.05, 4.69) is 4.90 Å². The van der Waals surface area contributed by atoms with Crippen LogP contribution in [0.25, 0.3) is 0 Å². The minimum absolute atomic E-state index is 0.0167. The third-order valence-electron chi connectivity index (χ3n) is 3.66. The number of amidine groups is 1. The Morgan fingerprint density at radius 2 is 2.21 bits per heavy atom. The van der Waals surface area contributed by atoms with Gasteiger partial charge in [0.15, 0.2) is 0 Å². The van der Waals surface area contributed by atoms with Crippen molar-refractivity contribution in [1.29, 1.82) is 5.41 Å². The Labute approximate surface area is 118 Å². The molecule has 5 heteroatoms. The molecule has 0 saturated carbocycles. The van der Waals surface area contributed by atoms with E-state index in [1.807, 2.05) is 12.1 Å². The van der Waals surface area contributed by atoms with Crippen molar-refractivity contribution < 1.29 is 5.11 Å². The lowest BCUT2D eigenvalue weighted by Crippen LogP contribution is -2.37. The number of aliphatic hydroxyl groups is 1. The number of anilines is 1. The molecule has 1 aromatic carbocycles. The van der Waals surface area contributed by atoms with Crippen LogP contribution in [0.4, 0.5) is 5.69 Å². The van der Waals surface area contributed by atoms with E-state index in [-0.39, 0.29) is 18.5 Å². The molecule has 104 valence electrons. The molecule has 0 spiro atoms. The van der Waals surface area contributed by atoms with Crippen LogP contribution in [-0.4, -0.2) is 30.1 Å². The fraction of sp³-hybridized carbons (Fsp3) is 0.500. The number of rotatable bonds is 3. The molecular weight excluding hydrogens is 262 g/mol. The molecule has 1 fully saturated rings. The Morgan fingerprint density at radius 3 is 2.84 bits per heavy atom. The summed E-state index contributed by atoms with van der Waals surface area (Å²) in [7, 11) is 0. The number of hydrogen-bond acceptors (Lipinski definition) is 3. The van der Waals surface area contributed by atoms with E-state index in [1.54, 1.807) is 6.07 Å². The van der Waals surface area contributed by atoms with Crippen molar-refractivity contribution in [3.8, 4) is 0 Å². The molecule has 1 unspecified atom stereocenters. The Morgan fingerprint density at radius 1 is 1.42 bits per heavy atom. The van der Waals surface area contributed by atoms with E-state index in [4.69, 9.17) is 22.7 Å². The summed E-state index contributed by atoms with van der Waals surface area (Å²) in [6.07, 6.45) is 4.43. The second kappa shape index (κ2) is 6.26. The molecule has 4 nitrogen and oxygen atoms in total. The lowest BCUT2D eigenvalue weighted by atomic mass is 10.1. The largest absolute Gasteiger partial charge is 0.394 e. The highest BCUT2D eigenvalue weighted by molar-refractivity contribution is 6.33. The van der Waals surface area contributed by atoms with Crippen LogP contribution < -0.4 is 10.6 Å². The first-order valence-corrected chi connectivity index (χ1v) is 7.02. The number of benzene rings is 1. The molecule has 0 aromatic heterocycles. The normalized spacial score (nSPS) is 20.1. The average Bonchev–Trinajstić information content (AvgIpc) is 2.63. The lowest BCUT2D eigenvalue weighted by molar-refractivity contribution is 0.255. The predicted molar refractivity (Wildman–Crippen MR) is 79.2 cm³/mol. The summed E-state index contributed by atoms with van der Waals surface area (Å²) in [5, 5.41) is 17.6. The van der Waals surface area contributed by atoms with Gasteiger partial charge in [0.2, 0.25) is 0 Å². The number of aliphatic hydroxyl groups excluding tert-OH is 1. The lowest BCUT2D eigenvalue weighted by Gasteiger charge is -2.31.